The van der Waals surface area contributed by atoms with E-state index in [0.29, 0.717) is 11.7 Å². The first kappa shape index (κ1) is 14.0. The molecule has 2 amide bonds. The number of carbonyl (C=O) groups excluding carboxylic acids is 3. The van der Waals surface area contributed by atoms with Crippen molar-refractivity contribution in [2.24, 2.45) is 0 Å². The standard InChI is InChI=1S/C13H13NO6/c1-18-8-9-2-4-10(5-3-9)19-13(17)20-14-11(15)6-7-12(14)16/h2-5H,6-8H2,1H3. The van der Waals surface area contributed by atoms with E-state index in [1.54, 1.807) is 31.4 Å². The second-order valence-corrected chi connectivity index (χ2v) is 4.10. The summed E-state index contributed by atoms with van der Waals surface area (Å²) in [5.74, 6) is -0.862. The Bertz CT molecular complexity index is 508. The zero-order chi connectivity index (χ0) is 14.5. The summed E-state index contributed by atoms with van der Waals surface area (Å²) >= 11 is 0. The summed E-state index contributed by atoms with van der Waals surface area (Å²) in [6, 6.07) is 6.56. The fraction of sp³-hybridized carbons (Fsp3) is 0.308. The summed E-state index contributed by atoms with van der Waals surface area (Å²) in [4.78, 5) is 38.5. The zero-order valence-electron chi connectivity index (χ0n) is 10.8. The van der Waals surface area contributed by atoms with E-state index in [1.165, 1.54) is 0 Å². The largest absolute Gasteiger partial charge is 0.539 e. The smallest absolute Gasteiger partial charge is 0.393 e. The molecule has 20 heavy (non-hydrogen) atoms. The minimum Gasteiger partial charge on any atom is -0.393 e. The highest BCUT2D eigenvalue weighted by Crippen LogP contribution is 2.16. The van der Waals surface area contributed by atoms with E-state index < -0.39 is 18.0 Å². The van der Waals surface area contributed by atoms with Crippen molar-refractivity contribution >= 4 is 18.0 Å². The quantitative estimate of drug-likeness (QED) is 0.471. The molecule has 7 heteroatoms. The molecule has 0 N–H and O–H groups in total. The summed E-state index contributed by atoms with van der Waals surface area (Å²) < 4.78 is 9.81. The molecule has 0 unspecified atom stereocenters. The van der Waals surface area contributed by atoms with Gasteiger partial charge in [0.1, 0.15) is 5.75 Å². The van der Waals surface area contributed by atoms with E-state index in [4.69, 9.17) is 9.47 Å². The highest BCUT2D eigenvalue weighted by atomic mass is 16.8. The van der Waals surface area contributed by atoms with Gasteiger partial charge in [0.2, 0.25) is 0 Å². The summed E-state index contributed by atoms with van der Waals surface area (Å²) in [5, 5.41) is 0.432. The highest BCUT2D eigenvalue weighted by molar-refractivity contribution is 6.01. The third-order valence-electron chi connectivity index (χ3n) is 2.61. The van der Waals surface area contributed by atoms with E-state index in [9.17, 15) is 14.4 Å². The predicted octanol–water partition coefficient (Wildman–Crippen LogP) is 1.41. The zero-order valence-corrected chi connectivity index (χ0v) is 10.8. The number of rotatable bonds is 4. The molecule has 7 nitrogen and oxygen atoms in total. The summed E-state index contributed by atoms with van der Waals surface area (Å²) in [6.07, 6.45) is -1.05. The maximum absolute atomic E-state index is 11.5. The van der Waals surface area contributed by atoms with Gasteiger partial charge in [0.25, 0.3) is 11.8 Å². The van der Waals surface area contributed by atoms with Crippen LogP contribution in [0.2, 0.25) is 0 Å². The van der Waals surface area contributed by atoms with Gasteiger partial charge in [-0.1, -0.05) is 17.2 Å². The van der Waals surface area contributed by atoms with Crippen molar-refractivity contribution in [1.29, 1.82) is 0 Å². The van der Waals surface area contributed by atoms with Crippen LogP contribution in [-0.4, -0.2) is 30.1 Å². The number of methoxy groups -OCH3 is 1. The third-order valence-corrected chi connectivity index (χ3v) is 2.61. The van der Waals surface area contributed by atoms with Gasteiger partial charge in [0, 0.05) is 20.0 Å². The molecule has 0 spiro atoms. The Morgan fingerprint density at radius 3 is 2.30 bits per heavy atom. The van der Waals surface area contributed by atoms with Crippen molar-refractivity contribution in [1.82, 2.24) is 5.06 Å². The predicted molar refractivity (Wildman–Crippen MR) is 65.4 cm³/mol. The Hall–Kier alpha value is -2.41. The van der Waals surface area contributed by atoms with Gasteiger partial charge in [0.15, 0.2) is 0 Å². The van der Waals surface area contributed by atoms with Crippen LogP contribution in [0.25, 0.3) is 0 Å². The Kier molecular flexibility index (Phi) is 4.31. The highest BCUT2D eigenvalue weighted by Gasteiger charge is 2.33. The second-order valence-electron chi connectivity index (χ2n) is 4.10. The van der Waals surface area contributed by atoms with Crippen LogP contribution in [0, 0.1) is 0 Å². The van der Waals surface area contributed by atoms with Crippen molar-refractivity contribution in [2.45, 2.75) is 19.4 Å². The van der Waals surface area contributed by atoms with Crippen LogP contribution in [0.1, 0.15) is 18.4 Å². The average molecular weight is 279 g/mol. The van der Waals surface area contributed by atoms with Gasteiger partial charge < -0.3 is 9.47 Å². The normalized spacial score (nSPS) is 14.6. The van der Waals surface area contributed by atoms with Gasteiger partial charge in [-0.05, 0) is 17.7 Å². The molecule has 0 atom stereocenters. The van der Waals surface area contributed by atoms with Gasteiger partial charge in [-0.3, -0.25) is 14.4 Å². The van der Waals surface area contributed by atoms with Crippen molar-refractivity contribution < 1.29 is 28.7 Å². The number of ether oxygens (including phenoxy) is 2. The number of imide groups is 1. The monoisotopic (exact) mass is 279 g/mol. The maximum atomic E-state index is 11.5. The number of hydroxylamine groups is 2. The average Bonchev–Trinajstić information content (AvgIpc) is 2.73. The molecule has 106 valence electrons. The number of carbonyl (C=O) groups is 3. The summed E-state index contributed by atoms with van der Waals surface area (Å²) in [7, 11) is 1.58. The lowest BCUT2D eigenvalue weighted by Gasteiger charge is -2.12. The SMILES string of the molecule is COCc1ccc(OC(=O)ON2C(=O)CCC2=O)cc1. The Labute approximate surface area is 115 Å². The molecule has 0 aromatic heterocycles. The van der Waals surface area contributed by atoms with Crippen LogP contribution in [0.3, 0.4) is 0 Å². The number of nitrogens with zero attached hydrogens (tertiary/aromatic N) is 1. The molecule has 0 radical (unpaired) electrons. The van der Waals surface area contributed by atoms with Gasteiger partial charge in [-0.15, -0.1) is 0 Å². The number of benzene rings is 1. The Morgan fingerprint density at radius 2 is 1.75 bits per heavy atom. The van der Waals surface area contributed by atoms with Gasteiger partial charge in [-0.25, -0.2) is 4.79 Å². The van der Waals surface area contributed by atoms with Crippen molar-refractivity contribution in [3.63, 3.8) is 0 Å². The van der Waals surface area contributed by atoms with Crippen LogP contribution in [0.15, 0.2) is 24.3 Å². The van der Waals surface area contributed by atoms with Crippen LogP contribution in [-0.2, 0) is 25.8 Å². The summed E-state index contributed by atoms with van der Waals surface area (Å²) in [6.45, 7) is 0.446. The van der Waals surface area contributed by atoms with E-state index >= 15 is 0 Å². The molecule has 1 fully saturated rings. The fourth-order valence-corrected chi connectivity index (χ4v) is 1.67. The molecule has 1 aliphatic rings. The first-order valence-corrected chi connectivity index (χ1v) is 5.93. The lowest BCUT2D eigenvalue weighted by molar-refractivity contribution is -0.174. The third kappa shape index (κ3) is 3.33. The van der Waals surface area contributed by atoms with Crippen LogP contribution in [0.5, 0.6) is 5.75 Å². The van der Waals surface area contributed by atoms with Crippen LogP contribution in [0.4, 0.5) is 4.79 Å². The Balaban J connectivity index is 1.91. The first-order chi connectivity index (χ1) is 9.60. The van der Waals surface area contributed by atoms with Crippen molar-refractivity contribution in [3.05, 3.63) is 29.8 Å². The minimum atomic E-state index is -1.13. The lowest BCUT2D eigenvalue weighted by atomic mass is 10.2. The lowest BCUT2D eigenvalue weighted by Crippen LogP contribution is -2.33. The number of amides is 2. The van der Waals surface area contributed by atoms with Crippen LogP contribution < -0.4 is 4.74 Å². The van der Waals surface area contributed by atoms with E-state index in [-0.39, 0.29) is 18.6 Å². The molecule has 1 aliphatic heterocycles. The Morgan fingerprint density at radius 1 is 1.15 bits per heavy atom. The topological polar surface area (TPSA) is 82.1 Å². The minimum absolute atomic E-state index is 0.0395. The van der Waals surface area contributed by atoms with E-state index in [2.05, 4.69) is 4.84 Å². The van der Waals surface area contributed by atoms with Crippen molar-refractivity contribution in [3.8, 4) is 5.75 Å². The molecule has 1 saturated heterocycles. The van der Waals surface area contributed by atoms with E-state index in [0.717, 1.165) is 5.56 Å². The van der Waals surface area contributed by atoms with Gasteiger partial charge in [-0.2, -0.15) is 0 Å². The van der Waals surface area contributed by atoms with Gasteiger partial charge in [0.05, 0.1) is 6.61 Å². The molecular formula is C13H13NO6. The number of hydrogen-bond donors (Lipinski definition) is 0. The van der Waals surface area contributed by atoms with E-state index in [1.807, 2.05) is 0 Å². The molecule has 1 aromatic carbocycles. The molecule has 0 bridgehead atoms. The molecular weight excluding hydrogens is 266 g/mol. The molecule has 1 heterocycles. The van der Waals surface area contributed by atoms with Gasteiger partial charge >= 0.3 is 6.16 Å². The fourth-order valence-electron chi connectivity index (χ4n) is 1.67. The molecule has 1 aromatic rings. The summed E-state index contributed by atoms with van der Waals surface area (Å²) in [5.41, 5.74) is 0.915. The molecule has 0 saturated carbocycles. The maximum Gasteiger partial charge on any atom is 0.539 e. The first-order valence-electron chi connectivity index (χ1n) is 5.93. The number of hydrogen-bond acceptors (Lipinski definition) is 6. The van der Waals surface area contributed by atoms with Crippen LogP contribution >= 0.6 is 0 Å². The molecule has 2 rings (SSSR count). The second kappa shape index (κ2) is 6.16. The van der Waals surface area contributed by atoms with Crippen molar-refractivity contribution in [2.75, 3.05) is 7.11 Å². The molecule has 0 aliphatic carbocycles.